The first-order chi connectivity index (χ1) is 16.4. The van der Waals surface area contributed by atoms with E-state index in [-0.39, 0.29) is 0 Å². The molecule has 34 heavy (non-hydrogen) atoms. The molecule has 0 aliphatic carbocycles. The van der Waals surface area contributed by atoms with Crippen molar-refractivity contribution in [2.24, 2.45) is 0 Å². The molecule has 1 aliphatic rings. The molecule has 1 N–H and O–H groups in total. The number of rotatable bonds is 9. The topological polar surface area (TPSA) is 26.7 Å². The number of halogens is 2. The Kier molecular flexibility index (Phi) is 8.55. The minimum absolute atomic E-state index is 0.385. The van der Waals surface area contributed by atoms with E-state index in [1.807, 2.05) is 48.5 Å². The number of likely N-dealkylation sites (tertiary alicyclic amines) is 1. The summed E-state index contributed by atoms with van der Waals surface area (Å²) < 4.78 is 0. The van der Waals surface area contributed by atoms with Crippen LogP contribution in [0.25, 0.3) is 0 Å². The second kappa shape index (κ2) is 11.6. The molecule has 0 bridgehead atoms. The predicted molar refractivity (Wildman–Crippen MR) is 144 cm³/mol. The molecular formula is C29H34Cl2N2O. The van der Waals surface area contributed by atoms with Crippen LogP contribution < -0.4 is 4.90 Å². The molecule has 3 nitrogen and oxygen atoms in total. The van der Waals surface area contributed by atoms with Crippen LogP contribution in [0.4, 0.5) is 5.69 Å². The number of hydrogen-bond donors (Lipinski definition) is 1. The van der Waals surface area contributed by atoms with Crippen LogP contribution in [0.5, 0.6) is 0 Å². The first kappa shape index (κ1) is 25.1. The quantitative estimate of drug-likeness (QED) is 0.346. The maximum Gasteiger partial charge on any atom is 0.0920 e. The molecule has 0 spiro atoms. The van der Waals surface area contributed by atoms with Crippen molar-refractivity contribution in [3.63, 3.8) is 0 Å². The van der Waals surface area contributed by atoms with Crippen molar-refractivity contribution < 1.29 is 5.11 Å². The van der Waals surface area contributed by atoms with Crippen LogP contribution in [-0.2, 0) is 5.60 Å². The van der Waals surface area contributed by atoms with Crippen molar-refractivity contribution in [3.05, 3.63) is 100 Å². The van der Waals surface area contributed by atoms with Gasteiger partial charge in [-0.1, -0.05) is 77.8 Å². The van der Waals surface area contributed by atoms with Crippen LogP contribution in [0.3, 0.4) is 0 Å². The van der Waals surface area contributed by atoms with Gasteiger partial charge < -0.3 is 14.9 Å². The Morgan fingerprint density at radius 3 is 2.18 bits per heavy atom. The van der Waals surface area contributed by atoms with E-state index in [1.54, 1.807) is 0 Å². The molecule has 0 saturated carbocycles. The van der Waals surface area contributed by atoms with Gasteiger partial charge in [0.25, 0.3) is 0 Å². The van der Waals surface area contributed by atoms with E-state index >= 15 is 0 Å². The minimum Gasteiger partial charge on any atom is -0.385 e. The molecule has 1 heterocycles. The highest BCUT2D eigenvalue weighted by Gasteiger charge is 2.33. The number of hydrogen-bond acceptors (Lipinski definition) is 3. The Morgan fingerprint density at radius 2 is 1.53 bits per heavy atom. The molecule has 3 aromatic rings. The fourth-order valence-corrected chi connectivity index (χ4v) is 5.23. The van der Waals surface area contributed by atoms with E-state index in [2.05, 4.69) is 47.2 Å². The maximum absolute atomic E-state index is 11.2. The van der Waals surface area contributed by atoms with E-state index in [9.17, 15) is 5.11 Å². The standard InChI is InChI=1S/C29H34Cl2N2O/c1-32(26-10-6-3-7-11-26)18-14-23(24-12-13-27(30)28(31)22-24)15-19-33-20-16-29(34,17-21-33)25-8-4-2-5-9-25/h2-13,22-23,34H,14-21H2,1H3. The van der Waals surface area contributed by atoms with Crippen molar-refractivity contribution in [2.45, 2.75) is 37.2 Å². The molecule has 1 aliphatic heterocycles. The zero-order chi connectivity index (χ0) is 24.0. The van der Waals surface area contributed by atoms with E-state index in [0.717, 1.165) is 57.4 Å². The van der Waals surface area contributed by atoms with Gasteiger partial charge in [0, 0.05) is 32.4 Å². The van der Waals surface area contributed by atoms with Gasteiger partial charge in [0.15, 0.2) is 0 Å². The molecule has 4 rings (SSSR count). The van der Waals surface area contributed by atoms with Crippen molar-refractivity contribution in [3.8, 4) is 0 Å². The second-order valence-electron chi connectivity index (χ2n) is 9.44. The lowest BCUT2D eigenvalue weighted by Gasteiger charge is -2.39. The summed E-state index contributed by atoms with van der Waals surface area (Å²) in [6, 6.07) is 26.7. The fourth-order valence-electron chi connectivity index (χ4n) is 4.93. The van der Waals surface area contributed by atoms with Crippen molar-refractivity contribution in [1.82, 2.24) is 4.90 Å². The van der Waals surface area contributed by atoms with Gasteiger partial charge in [0.1, 0.15) is 0 Å². The molecule has 1 unspecified atom stereocenters. The summed E-state index contributed by atoms with van der Waals surface area (Å²) in [7, 11) is 2.15. The fraction of sp³-hybridized carbons (Fsp3) is 0.379. The summed E-state index contributed by atoms with van der Waals surface area (Å²) in [5, 5.41) is 12.4. The first-order valence-corrected chi connectivity index (χ1v) is 12.9. The average Bonchev–Trinajstić information content (AvgIpc) is 2.88. The van der Waals surface area contributed by atoms with Crippen molar-refractivity contribution in [2.75, 3.05) is 38.1 Å². The van der Waals surface area contributed by atoms with Gasteiger partial charge in [-0.05, 0) is 73.5 Å². The Morgan fingerprint density at radius 1 is 0.882 bits per heavy atom. The van der Waals surface area contributed by atoms with Gasteiger partial charge in [-0.15, -0.1) is 0 Å². The lowest BCUT2D eigenvalue weighted by atomic mass is 9.84. The van der Waals surface area contributed by atoms with Gasteiger partial charge >= 0.3 is 0 Å². The molecule has 1 fully saturated rings. The summed E-state index contributed by atoms with van der Waals surface area (Å²) >= 11 is 12.6. The van der Waals surface area contributed by atoms with Crippen LogP contribution in [0.2, 0.25) is 10.0 Å². The smallest absolute Gasteiger partial charge is 0.0920 e. The van der Waals surface area contributed by atoms with Crippen LogP contribution >= 0.6 is 23.2 Å². The number of nitrogens with zero attached hydrogens (tertiary/aromatic N) is 2. The maximum atomic E-state index is 11.2. The first-order valence-electron chi connectivity index (χ1n) is 12.2. The van der Waals surface area contributed by atoms with Crippen LogP contribution in [0, 0.1) is 0 Å². The molecule has 3 aromatic carbocycles. The Hall–Kier alpha value is -2.04. The van der Waals surface area contributed by atoms with E-state index in [1.165, 1.54) is 11.3 Å². The summed E-state index contributed by atoms with van der Waals surface area (Å²) in [5.74, 6) is 0.385. The van der Waals surface area contributed by atoms with Crippen LogP contribution in [0.15, 0.2) is 78.9 Å². The number of aliphatic hydroxyl groups is 1. The van der Waals surface area contributed by atoms with Gasteiger partial charge in [0.05, 0.1) is 15.6 Å². The van der Waals surface area contributed by atoms with Gasteiger partial charge in [-0.3, -0.25) is 0 Å². The molecular weight excluding hydrogens is 463 g/mol. The molecule has 1 atom stereocenters. The third-order valence-corrected chi connectivity index (χ3v) is 7.95. The molecule has 5 heteroatoms. The zero-order valence-electron chi connectivity index (χ0n) is 19.8. The summed E-state index contributed by atoms with van der Waals surface area (Å²) in [6.45, 7) is 3.78. The normalized spacial score (nSPS) is 16.8. The second-order valence-corrected chi connectivity index (χ2v) is 10.3. The lowest BCUT2D eigenvalue weighted by Crippen LogP contribution is -2.43. The third kappa shape index (κ3) is 6.34. The molecule has 1 saturated heterocycles. The van der Waals surface area contributed by atoms with E-state index < -0.39 is 5.60 Å². The number of benzene rings is 3. The van der Waals surface area contributed by atoms with Gasteiger partial charge in [0.2, 0.25) is 0 Å². The predicted octanol–water partition coefficient (Wildman–Crippen LogP) is 6.98. The highest BCUT2D eigenvalue weighted by molar-refractivity contribution is 6.42. The summed E-state index contributed by atoms with van der Waals surface area (Å²) in [4.78, 5) is 4.80. The zero-order valence-corrected chi connectivity index (χ0v) is 21.3. The minimum atomic E-state index is -0.709. The Balaban J connectivity index is 1.38. The molecule has 0 radical (unpaired) electrons. The number of para-hydroxylation sites is 1. The van der Waals surface area contributed by atoms with Crippen LogP contribution in [0.1, 0.15) is 42.7 Å². The van der Waals surface area contributed by atoms with E-state index in [0.29, 0.717) is 16.0 Å². The van der Waals surface area contributed by atoms with Crippen molar-refractivity contribution >= 4 is 28.9 Å². The van der Waals surface area contributed by atoms with E-state index in [4.69, 9.17) is 23.2 Å². The Bertz CT molecular complexity index is 1040. The molecule has 180 valence electrons. The molecule has 0 aromatic heterocycles. The average molecular weight is 498 g/mol. The largest absolute Gasteiger partial charge is 0.385 e. The number of piperidine rings is 1. The van der Waals surface area contributed by atoms with Gasteiger partial charge in [-0.2, -0.15) is 0 Å². The summed E-state index contributed by atoms with van der Waals surface area (Å²) in [6.07, 6.45) is 3.62. The third-order valence-electron chi connectivity index (χ3n) is 7.21. The van der Waals surface area contributed by atoms with Gasteiger partial charge in [-0.25, -0.2) is 0 Å². The monoisotopic (exact) mass is 496 g/mol. The van der Waals surface area contributed by atoms with Crippen molar-refractivity contribution in [1.29, 1.82) is 0 Å². The lowest BCUT2D eigenvalue weighted by molar-refractivity contribution is -0.0263. The highest BCUT2D eigenvalue weighted by Crippen LogP contribution is 2.34. The SMILES string of the molecule is CN(CCC(CCN1CCC(O)(c2ccccc2)CC1)c1ccc(Cl)c(Cl)c1)c1ccccc1. The highest BCUT2D eigenvalue weighted by atomic mass is 35.5. The van der Waals surface area contributed by atoms with Crippen LogP contribution in [-0.4, -0.2) is 43.2 Å². The summed E-state index contributed by atoms with van der Waals surface area (Å²) in [5.41, 5.74) is 2.80. The number of anilines is 1. The Labute approximate surface area is 213 Å². The molecule has 0 amide bonds.